The van der Waals surface area contributed by atoms with Crippen LogP contribution in [0.5, 0.6) is 0 Å². The molecule has 0 fully saturated rings. The van der Waals surface area contributed by atoms with Gasteiger partial charge in [-0.15, -0.1) is 0 Å². The van der Waals surface area contributed by atoms with E-state index in [-0.39, 0.29) is 5.56 Å². The number of benzene rings is 2. The molecule has 3 aromatic heterocycles. The second-order valence-electron chi connectivity index (χ2n) is 7.22. The average Bonchev–Trinajstić information content (AvgIpc) is 3.20. The van der Waals surface area contributed by atoms with Gasteiger partial charge in [0.1, 0.15) is 11.5 Å². The third-order valence-electron chi connectivity index (χ3n) is 5.23. The summed E-state index contributed by atoms with van der Waals surface area (Å²) in [6.07, 6.45) is 4.06. The van der Waals surface area contributed by atoms with E-state index >= 15 is 0 Å². The maximum atomic E-state index is 14.4. The van der Waals surface area contributed by atoms with Crippen LogP contribution in [0.3, 0.4) is 0 Å². The van der Waals surface area contributed by atoms with Gasteiger partial charge in [-0.05, 0) is 48.0 Å². The molecule has 5 aromatic rings. The number of pyridine rings is 1. The van der Waals surface area contributed by atoms with E-state index in [0.29, 0.717) is 23.3 Å². The zero-order valence-electron chi connectivity index (χ0n) is 16.7. The molecule has 3 heterocycles. The Kier molecular flexibility index (Phi) is 4.63. The van der Waals surface area contributed by atoms with Gasteiger partial charge in [0, 0.05) is 36.3 Å². The highest BCUT2D eigenvalue weighted by Crippen LogP contribution is 2.22. The van der Waals surface area contributed by atoms with Gasteiger partial charge in [-0.3, -0.25) is 9.78 Å². The molecule has 1 amide bonds. The number of fused-ring (bicyclic) bond motifs is 2. The summed E-state index contributed by atoms with van der Waals surface area (Å²) in [5.41, 5.74) is 4.83. The van der Waals surface area contributed by atoms with Crippen molar-refractivity contribution in [1.29, 1.82) is 0 Å². The lowest BCUT2D eigenvalue weighted by molar-refractivity contribution is 0.0959. The maximum absolute atomic E-state index is 14.4. The fourth-order valence-electron chi connectivity index (χ4n) is 3.64. The first-order valence-electron chi connectivity index (χ1n) is 9.82. The standard InChI is InChI=1S/C24H18FN5O/c1-26-24(31)19-7-5-17(13-20(19)25)22-14-28-23-9-6-18(30(23)29-22)12-15-4-8-21-16(11-15)3-2-10-27-21/h2-11,13-14H,12H2,1H3,(H,26,31). The predicted molar refractivity (Wildman–Crippen MR) is 116 cm³/mol. The molecule has 0 aliphatic rings. The Labute approximate surface area is 177 Å². The van der Waals surface area contributed by atoms with Crippen LogP contribution in [-0.2, 0) is 6.42 Å². The first kappa shape index (κ1) is 18.9. The molecule has 0 saturated carbocycles. The minimum absolute atomic E-state index is 0.00673. The van der Waals surface area contributed by atoms with Crippen molar-refractivity contribution in [3.8, 4) is 11.3 Å². The lowest BCUT2D eigenvalue weighted by Crippen LogP contribution is -2.19. The topological polar surface area (TPSA) is 72.2 Å². The van der Waals surface area contributed by atoms with Crippen LogP contribution in [-0.4, -0.2) is 32.5 Å². The normalized spacial score (nSPS) is 11.2. The Morgan fingerprint density at radius 2 is 1.97 bits per heavy atom. The van der Waals surface area contributed by atoms with Gasteiger partial charge in [0.2, 0.25) is 0 Å². The van der Waals surface area contributed by atoms with Gasteiger partial charge in [0.15, 0.2) is 5.65 Å². The van der Waals surface area contributed by atoms with Crippen molar-refractivity contribution in [3.63, 3.8) is 0 Å². The van der Waals surface area contributed by atoms with Crippen LogP contribution in [0.15, 0.2) is 73.1 Å². The summed E-state index contributed by atoms with van der Waals surface area (Å²) in [6, 6.07) is 18.5. The maximum Gasteiger partial charge on any atom is 0.253 e. The monoisotopic (exact) mass is 411 g/mol. The van der Waals surface area contributed by atoms with Crippen molar-refractivity contribution >= 4 is 22.5 Å². The molecule has 1 N–H and O–H groups in total. The highest BCUT2D eigenvalue weighted by molar-refractivity contribution is 5.94. The third kappa shape index (κ3) is 3.50. The van der Waals surface area contributed by atoms with Crippen LogP contribution in [0.4, 0.5) is 4.39 Å². The Bertz CT molecular complexity index is 1440. The molecule has 0 unspecified atom stereocenters. The minimum atomic E-state index is -0.601. The fourth-order valence-corrected chi connectivity index (χ4v) is 3.64. The number of hydrogen-bond donors (Lipinski definition) is 1. The quantitative estimate of drug-likeness (QED) is 0.485. The minimum Gasteiger partial charge on any atom is -0.355 e. The smallest absolute Gasteiger partial charge is 0.253 e. The van der Waals surface area contributed by atoms with Crippen molar-refractivity contribution in [1.82, 2.24) is 24.9 Å². The van der Waals surface area contributed by atoms with Crippen molar-refractivity contribution in [3.05, 3.63) is 95.7 Å². The number of carbonyl (C=O) groups excluding carboxylic acids is 1. The van der Waals surface area contributed by atoms with Crippen LogP contribution in [0, 0.1) is 5.82 Å². The summed E-state index contributed by atoms with van der Waals surface area (Å²) in [5, 5.41) is 8.19. The lowest BCUT2D eigenvalue weighted by atomic mass is 10.1. The van der Waals surface area contributed by atoms with Crippen LogP contribution in [0.2, 0.25) is 0 Å². The Morgan fingerprint density at radius 3 is 2.81 bits per heavy atom. The number of nitrogens with one attached hydrogen (secondary N) is 1. The fraction of sp³-hybridized carbons (Fsp3) is 0.0833. The summed E-state index contributed by atoms with van der Waals surface area (Å²) in [6.45, 7) is 0. The molecule has 0 spiro atoms. The molecular weight excluding hydrogens is 393 g/mol. The van der Waals surface area contributed by atoms with Gasteiger partial charge in [0.05, 0.1) is 17.3 Å². The lowest BCUT2D eigenvalue weighted by Gasteiger charge is -2.07. The molecule has 0 aliphatic heterocycles. The first-order chi connectivity index (χ1) is 15.1. The van der Waals surface area contributed by atoms with Crippen LogP contribution in [0.25, 0.3) is 27.8 Å². The summed E-state index contributed by atoms with van der Waals surface area (Å²) >= 11 is 0. The van der Waals surface area contributed by atoms with E-state index in [0.717, 1.165) is 22.2 Å². The Balaban J connectivity index is 1.51. The number of hydrogen-bond acceptors (Lipinski definition) is 4. The molecule has 0 saturated heterocycles. The van der Waals surface area contributed by atoms with Crippen molar-refractivity contribution in [2.24, 2.45) is 0 Å². The largest absolute Gasteiger partial charge is 0.355 e. The highest BCUT2D eigenvalue weighted by atomic mass is 19.1. The second kappa shape index (κ2) is 7.60. The molecule has 2 aromatic carbocycles. The zero-order valence-corrected chi connectivity index (χ0v) is 16.7. The summed E-state index contributed by atoms with van der Waals surface area (Å²) in [4.78, 5) is 20.6. The van der Waals surface area contributed by atoms with E-state index in [1.165, 1.54) is 19.2 Å². The Hall–Kier alpha value is -4.13. The summed E-state index contributed by atoms with van der Waals surface area (Å²) in [5.74, 6) is -1.07. The van der Waals surface area contributed by atoms with E-state index in [4.69, 9.17) is 0 Å². The number of amides is 1. The Morgan fingerprint density at radius 1 is 1.06 bits per heavy atom. The van der Waals surface area contributed by atoms with Gasteiger partial charge in [-0.2, -0.15) is 5.10 Å². The van der Waals surface area contributed by atoms with Crippen molar-refractivity contribution in [2.75, 3.05) is 7.05 Å². The molecule has 5 rings (SSSR count). The molecule has 0 bridgehead atoms. The van der Waals surface area contributed by atoms with E-state index < -0.39 is 11.7 Å². The van der Waals surface area contributed by atoms with Gasteiger partial charge in [0.25, 0.3) is 5.91 Å². The van der Waals surface area contributed by atoms with E-state index in [2.05, 4.69) is 32.5 Å². The SMILES string of the molecule is CNC(=O)c1ccc(-c2cnc3ccc(Cc4ccc5ncccc5c4)n3n2)cc1F. The second-order valence-corrected chi connectivity index (χ2v) is 7.22. The van der Waals surface area contributed by atoms with Crippen molar-refractivity contribution in [2.45, 2.75) is 6.42 Å². The van der Waals surface area contributed by atoms with Gasteiger partial charge < -0.3 is 5.32 Å². The van der Waals surface area contributed by atoms with Crippen molar-refractivity contribution < 1.29 is 9.18 Å². The molecule has 152 valence electrons. The summed E-state index contributed by atoms with van der Waals surface area (Å²) in [7, 11) is 1.47. The number of rotatable bonds is 4. The van der Waals surface area contributed by atoms with Crippen LogP contribution in [0.1, 0.15) is 21.6 Å². The van der Waals surface area contributed by atoms with Crippen LogP contribution >= 0.6 is 0 Å². The molecular formula is C24H18FN5O. The van der Waals surface area contributed by atoms with E-state index in [9.17, 15) is 9.18 Å². The van der Waals surface area contributed by atoms with Gasteiger partial charge >= 0.3 is 0 Å². The van der Waals surface area contributed by atoms with Gasteiger partial charge in [-0.25, -0.2) is 13.9 Å². The molecule has 6 nitrogen and oxygen atoms in total. The third-order valence-corrected chi connectivity index (χ3v) is 5.23. The molecule has 0 atom stereocenters. The molecule has 31 heavy (non-hydrogen) atoms. The molecule has 0 radical (unpaired) electrons. The number of aromatic nitrogens is 4. The number of halogens is 1. The number of nitrogens with zero attached hydrogens (tertiary/aromatic N) is 4. The summed E-state index contributed by atoms with van der Waals surface area (Å²) < 4.78 is 16.2. The van der Waals surface area contributed by atoms with Crippen LogP contribution < -0.4 is 5.32 Å². The molecule has 0 aliphatic carbocycles. The number of carbonyl (C=O) groups is 1. The highest BCUT2D eigenvalue weighted by Gasteiger charge is 2.13. The van der Waals surface area contributed by atoms with Gasteiger partial charge in [-0.1, -0.05) is 18.2 Å². The molecule has 7 heteroatoms. The van der Waals surface area contributed by atoms with E-state index in [1.54, 1.807) is 23.0 Å². The average molecular weight is 411 g/mol. The first-order valence-corrected chi connectivity index (χ1v) is 9.82. The van der Waals surface area contributed by atoms with E-state index in [1.807, 2.05) is 30.3 Å². The predicted octanol–water partition coefficient (Wildman–Crippen LogP) is 4.03. The zero-order chi connectivity index (χ0) is 21.4.